The maximum absolute atomic E-state index is 5.60. The van der Waals surface area contributed by atoms with Gasteiger partial charge in [-0.15, -0.1) is 11.3 Å². The molecule has 5 heteroatoms. The van der Waals surface area contributed by atoms with Gasteiger partial charge in [0.2, 0.25) is 0 Å². The molecule has 0 fully saturated rings. The minimum Gasteiger partial charge on any atom is -0.344 e. The SMILES string of the molecule is c1ccc(-c2ccccc2C2=NC(c3ccc(-n4c5cc6ccccc6cc5c5c6ccccc6ccc54)c(-c4cccc5sc6ccccc6c45)c3)=NC(c3ccccc3-c3ccccc3)N2)cc1. The summed E-state index contributed by atoms with van der Waals surface area (Å²) in [7, 11) is 0. The smallest absolute Gasteiger partial charge is 0.159 e. The molecular formula is C65H42N4S. The largest absolute Gasteiger partial charge is 0.344 e. The Bertz CT molecular complexity index is 4280. The van der Waals surface area contributed by atoms with Gasteiger partial charge in [0, 0.05) is 53.2 Å². The predicted molar refractivity (Wildman–Crippen MR) is 297 cm³/mol. The van der Waals surface area contributed by atoms with Crippen LogP contribution in [0.25, 0.3) is 103 Å². The fourth-order valence-corrected chi connectivity index (χ4v) is 12.0. The molecule has 14 rings (SSSR count). The second-order valence-electron chi connectivity index (χ2n) is 18.1. The lowest BCUT2D eigenvalue weighted by atomic mass is 9.94. The average Bonchev–Trinajstić information content (AvgIpc) is 3.98. The highest BCUT2D eigenvalue weighted by Crippen LogP contribution is 2.45. The molecule has 3 heterocycles. The Kier molecular flexibility index (Phi) is 9.42. The van der Waals surface area contributed by atoms with Crippen molar-refractivity contribution in [3.8, 4) is 39.1 Å². The number of amidine groups is 2. The first-order valence-electron chi connectivity index (χ1n) is 23.8. The van der Waals surface area contributed by atoms with Crippen molar-refractivity contribution in [2.45, 2.75) is 6.17 Å². The molecule has 1 atom stereocenters. The Morgan fingerprint density at radius 1 is 0.386 bits per heavy atom. The van der Waals surface area contributed by atoms with E-state index in [0.29, 0.717) is 5.84 Å². The number of fused-ring (bicyclic) bond motifs is 9. The van der Waals surface area contributed by atoms with Crippen LogP contribution in [0.2, 0.25) is 0 Å². The summed E-state index contributed by atoms with van der Waals surface area (Å²) in [5, 5.41) is 13.7. The number of hydrogen-bond acceptors (Lipinski definition) is 4. The van der Waals surface area contributed by atoms with Gasteiger partial charge in [0.15, 0.2) is 5.84 Å². The van der Waals surface area contributed by atoms with Crippen molar-refractivity contribution in [3.05, 3.63) is 259 Å². The summed E-state index contributed by atoms with van der Waals surface area (Å²) in [6.45, 7) is 0. The zero-order valence-electron chi connectivity index (χ0n) is 37.9. The van der Waals surface area contributed by atoms with E-state index in [1.54, 1.807) is 0 Å². The van der Waals surface area contributed by atoms with Crippen LogP contribution in [-0.2, 0) is 0 Å². The number of aliphatic imine (C=N–C) groups is 2. The van der Waals surface area contributed by atoms with Crippen LogP contribution in [0.3, 0.4) is 0 Å². The molecule has 0 radical (unpaired) electrons. The zero-order valence-corrected chi connectivity index (χ0v) is 38.7. The van der Waals surface area contributed by atoms with Gasteiger partial charge in [0.25, 0.3) is 0 Å². The Balaban J connectivity index is 1.06. The highest BCUT2D eigenvalue weighted by Gasteiger charge is 2.27. The van der Waals surface area contributed by atoms with E-state index in [4.69, 9.17) is 9.98 Å². The molecule has 328 valence electrons. The van der Waals surface area contributed by atoms with Crippen LogP contribution in [0.5, 0.6) is 0 Å². The maximum atomic E-state index is 5.60. The molecule has 0 saturated heterocycles. The molecule has 70 heavy (non-hydrogen) atoms. The van der Waals surface area contributed by atoms with Crippen LogP contribution in [0.4, 0.5) is 0 Å². The Morgan fingerprint density at radius 3 is 1.83 bits per heavy atom. The summed E-state index contributed by atoms with van der Waals surface area (Å²) in [6.07, 6.45) is -0.436. The lowest BCUT2D eigenvalue weighted by Gasteiger charge is -2.26. The number of nitrogens with one attached hydrogen (secondary N) is 1. The van der Waals surface area contributed by atoms with Gasteiger partial charge < -0.3 is 9.88 Å². The number of nitrogens with zero attached hydrogens (tertiary/aromatic N) is 3. The lowest BCUT2D eigenvalue weighted by molar-refractivity contribution is 0.676. The summed E-state index contributed by atoms with van der Waals surface area (Å²) in [5.41, 5.74) is 13.2. The van der Waals surface area contributed by atoms with Gasteiger partial charge in [-0.1, -0.05) is 194 Å². The van der Waals surface area contributed by atoms with Crippen LogP contribution in [0.15, 0.2) is 253 Å². The molecule has 11 aromatic carbocycles. The van der Waals surface area contributed by atoms with E-state index in [-0.39, 0.29) is 0 Å². The van der Waals surface area contributed by atoms with Crippen molar-refractivity contribution in [3.63, 3.8) is 0 Å². The van der Waals surface area contributed by atoms with Gasteiger partial charge in [0.1, 0.15) is 12.0 Å². The van der Waals surface area contributed by atoms with Crippen molar-refractivity contribution >= 4 is 86.5 Å². The van der Waals surface area contributed by atoms with E-state index in [9.17, 15) is 0 Å². The predicted octanol–water partition coefficient (Wildman–Crippen LogP) is 17.0. The van der Waals surface area contributed by atoms with Gasteiger partial charge >= 0.3 is 0 Å². The van der Waals surface area contributed by atoms with Gasteiger partial charge in [-0.2, -0.15) is 0 Å². The van der Waals surface area contributed by atoms with Crippen LogP contribution < -0.4 is 5.32 Å². The summed E-state index contributed by atoms with van der Waals surface area (Å²) in [5.74, 6) is 1.44. The molecule has 0 spiro atoms. The normalized spacial score (nSPS) is 13.9. The van der Waals surface area contributed by atoms with Crippen molar-refractivity contribution in [2.24, 2.45) is 9.98 Å². The van der Waals surface area contributed by atoms with E-state index in [1.165, 1.54) is 58.1 Å². The summed E-state index contributed by atoms with van der Waals surface area (Å²) in [4.78, 5) is 11.1. The number of benzene rings is 11. The standard InChI is InChI=1S/C65H42N4S/c1-3-18-41(19-4-1)47-25-11-13-28-51(47)64-66-63(67-65(68-64)52-29-14-12-26-48(52)42-20-5-2-6-21-42)46-35-36-56(54(39-46)50-31-17-33-60-62(50)53-30-15-16-32-59(53)70-60)69-57-37-34-43-22-9-10-27-49(43)61(57)55-38-44-23-7-8-24-45(44)40-58(55)69/h1-40,64H,(H,66,67,68). The van der Waals surface area contributed by atoms with Crippen LogP contribution in [0.1, 0.15) is 22.9 Å². The maximum Gasteiger partial charge on any atom is 0.159 e. The molecule has 0 aliphatic carbocycles. The van der Waals surface area contributed by atoms with Crippen LogP contribution in [0, 0.1) is 0 Å². The fraction of sp³-hybridized carbons (Fsp3) is 0.0154. The minimum atomic E-state index is -0.436. The van der Waals surface area contributed by atoms with E-state index < -0.39 is 6.17 Å². The molecule has 1 aliphatic rings. The second-order valence-corrected chi connectivity index (χ2v) is 19.2. The molecule has 2 aromatic heterocycles. The zero-order chi connectivity index (χ0) is 46.1. The number of hydrogen-bond donors (Lipinski definition) is 1. The average molecular weight is 911 g/mol. The van der Waals surface area contributed by atoms with Gasteiger partial charge in [0.05, 0.1) is 16.7 Å². The fourth-order valence-electron chi connectivity index (χ4n) is 10.9. The molecule has 4 nitrogen and oxygen atoms in total. The van der Waals surface area contributed by atoms with Crippen molar-refractivity contribution in [1.29, 1.82) is 0 Å². The topological polar surface area (TPSA) is 41.7 Å². The Hall–Kier alpha value is -8.90. The third kappa shape index (κ3) is 6.58. The molecule has 0 saturated carbocycles. The van der Waals surface area contributed by atoms with Gasteiger partial charge in [-0.05, 0) is 97.9 Å². The monoisotopic (exact) mass is 910 g/mol. The number of rotatable bonds is 7. The van der Waals surface area contributed by atoms with Crippen molar-refractivity contribution in [1.82, 2.24) is 9.88 Å². The molecule has 1 N–H and O–H groups in total. The highest BCUT2D eigenvalue weighted by atomic mass is 32.1. The molecule has 0 bridgehead atoms. The summed E-state index contributed by atoms with van der Waals surface area (Å²) < 4.78 is 5.03. The van der Waals surface area contributed by atoms with Crippen molar-refractivity contribution in [2.75, 3.05) is 0 Å². The third-order valence-corrected chi connectivity index (χ3v) is 15.2. The Labute approximate surface area is 408 Å². The highest BCUT2D eigenvalue weighted by molar-refractivity contribution is 7.25. The third-order valence-electron chi connectivity index (χ3n) is 14.1. The quantitative estimate of drug-likeness (QED) is 0.170. The van der Waals surface area contributed by atoms with Gasteiger partial charge in [-0.3, -0.25) is 0 Å². The van der Waals surface area contributed by atoms with Gasteiger partial charge in [-0.25, -0.2) is 9.98 Å². The van der Waals surface area contributed by atoms with Crippen molar-refractivity contribution < 1.29 is 0 Å². The number of thiophene rings is 1. The first kappa shape index (κ1) is 40.2. The minimum absolute atomic E-state index is 0.436. The molecular weight excluding hydrogens is 869 g/mol. The second kappa shape index (κ2) is 16.4. The molecule has 0 amide bonds. The van der Waals surface area contributed by atoms with E-state index in [2.05, 4.69) is 253 Å². The first-order valence-corrected chi connectivity index (χ1v) is 24.7. The van der Waals surface area contributed by atoms with Crippen LogP contribution >= 0.6 is 11.3 Å². The summed E-state index contributed by atoms with van der Waals surface area (Å²) >= 11 is 1.85. The summed E-state index contributed by atoms with van der Waals surface area (Å²) in [6, 6.07) is 87.7. The van der Waals surface area contributed by atoms with Crippen LogP contribution in [-0.4, -0.2) is 16.2 Å². The molecule has 13 aromatic rings. The lowest BCUT2D eigenvalue weighted by Crippen LogP contribution is -2.34. The van der Waals surface area contributed by atoms with E-state index >= 15 is 0 Å². The Morgan fingerprint density at radius 2 is 1.01 bits per heavy atom. The number of aromatic nitrogens is 1. The molecule has 1 aliphatic heterocycles. The first-order chi connectivity index (χ1) is 34.7. The molecule has 1 unspecified atom stereocenters. The van der Waals surface area contributed by atoms with E-state index in [0.717, 1.165) is 67.1 Å². The van der Waals surface area contributed by atoms with E-state index in [1.807, 2.05) is 11.3 Å².